The van der Waals surface area contributed by atoms with Crippen LogP contribution in [0.5, 0.6) is 0 Å². The molecule has 2 nitrogen and oxygen atoms in total. The van der Waals surface area contributed by atoms with Crippen LogP contribution in [0.4, 0.5) is 0 Å². The van der Waals surface area contributed by atoms with Crippen LogP contribution in [0.15, 0.2) is 35.6 Å². The molecule has 0 spiro atoms. The molecule has 2 N–H and O–H groups in total. The van der Waals surface area contributed by atoms with Gasteiger partial charge in [0, 0.05) is 17.5 Å². The number of hydrogen-bond donors (Lipinski definition) is 1. The molecule has 0 aliphatic heterocycles. The number of aromatic nitrogens is 1. The molecule has 4 heteroatoms. The van der Waals surface area contributed by atoms with Gasteiger partial charge < -0.3 is 5.73 Å². The van der Waals surface area contributed by atoms with Gasteiger partial charge in [-0.2, -0.15) is 0 Å². The molecular weight excluding hydrogens is 216 g/mol. The molecule has 14 heavy (non-hydrogen) atoms. The molecule has 74 valence electrons. The maximum absolute atomic E-state index is 7.80. The minimum absolute atomic E-state index is 0. The van der Waals surface area contributed by atoms with Crippen LogP contribution in [0.25, 0.3) is 11.3 Å². The second-order valence-electron chi connectivity index (χ2n) is 2.33. The van der Waals surface area contributed by atoms with Crippen molar-refractivity contribution < 1.29 is 6.85 Å². The average Bonchev–Trinajstić information content (AvgIpc) is 2.83. The highest BCUT2D eigenvalue weighted by molar-refractivity contribution is 7.09. The lowest BCUT2D eigenvalue weighted by Crippen LogP contribution is -1.94. The van der Waals surface area contributed by atoms with Gasteiger partial charge in [0.2, 0.25) is 0 Å². The molecule has 0 saturated carbocycles. The molecule has 1 aromatic carbocycles. The molecule has 0 amide bonds. The molecule has 0 aliphatic rings. The first-order chi connectivity index (χ1) is 8.47. The van der Waals surface area contributed by atoms with Crippen molar-refractivity contribution in [3.05, 3.63) is 40.6 Å². The van der Waals surface area contributed by atoms with E-state index in [0.29, 0.717) is 10.7 Å². The van der Waals surface area contributed by atoms with E-state index in [-0.39, 0.29) is 48.7 Å². The molecule has 0 radical (unpaired) electrons. The summed E-state index contributed by atoms with van der Waals surface area (Å²) in [6.45, 7) is 0.267. The van der Waals surface area contributed by atoms with Gasteiger partial charge in [-0.1, -0.05) is 30.2 Å². The Morgan fingerprint density at radius 1 is 1.36 bits per heavy atom. The summed E-state index contributed by atoms with van der Waals surface area (Å²) in [5.74, 6) is 0. The van der Waals surface area contributed by atoms with Crippen molar-refractivity contribution >= 4 is 23.7 Å². The Labute approximate surface area is 100 Å². The molecule has 0 fully saturated rings. The fourth-order valence-electron chi connectivity index (χ4n) is 0.898. The number of rotatable bonds is 2. The molecule has 1 aromatic heterocycles. The summed E-state index contributed by atoms with van der Waals surface area (Å²) in [5, 5.41) is 2.31. The van der Waals surface area contributed by atoms with E-state index in [9.17, 15) is 0 Å². The van der Waals surface area contributed by atoms with Crippen LogP contribution >= 0.6 is 23.7 Å². The second-order valence-corrected chi connectivity index (χ2v) is 3.27. The van der Waals surface area contributed by atoms with Gasteiger partial charge in [-0.05, 0) is 0 Å². The zero-order valence-electron chi connectivity index (χ0n) is 12.1. The lowest BCUT2D eigenvalue weighted by molar-refractivity contribution is 1.04. The highest BCUT2D eigenvalue weighted by atomic mass is 35.5. The molecule has 0 unspecified atom stereocenters. The first-order valence-corrected chi connectivity index (χ1v) is 4.57. The molecule has 0 bridgehead atoms. The van der Waals surface area contributed by atoms with E-state index in [2.05, 4.69) is 4.98 Å². The van der Waals surface area contributed by atoms with Crippen molar-refractivity contribution in [2.75, 3.05) is 0 Å². The summed E-state index contributed by atoms with van der Waals surface area (Å²) in [4.78, 5) is 4.16. The largest absolute Gasteiger partial charge is 0.325 e. The number of nitrogens with two attached hydrogens (primary N) is 1. The van der Waals surface area contributed by atoms with Gasteiger partial charge in [-0.25, -0.2) is 4.98 Å². The summed E-state index contributed by atoms with van der Waals surface area (Å²) < 4.78 is 38.3. The standard InChI is InChI=1S/C10H10N2S.ClH/c11-6-10-12-9(7-13-10)8-4-2-1-3-5-8;/h1-5,7H,6,11H2;1H/i1D,2D,3D,4D,5D;. The minimum Gasteiger partial charge on any atom is -0.325 e. The normalized spacial score (nSPS) is 14.5. The lowest BCUT2D eigenvalue weighted by atomic mass is 10.2. The van der Waals surface area contributed by atoms with Crippen LogP contribution < -0.4 is 5.73 Å². The predicted octanol–water partition coefficient (Wildman–Crippen LogP) is 2.69. The number of halogens is 1. The molecule has 0 saturated heterocycles. The number of nitrogens with zero attached hydrogens (tertiary/aromatic N) is 1. The second kappa shape index (κ2) is 5.10. The van der Waals surface area contributed by atoms with E-state index < -0.39 is 6.04 Å². The third-order valence-corrected chi connectivity index (χ3v) is 2.35. The van der Waals surface area contributed by atoms with Crippen LogP contribution in [-0.4, -0.2) is 4.98 Å². The van der Waals surface area contributed by atoms with Gasteiger partial charge in [0.1, 0.15) is 5.01 Å². The lowest BCUT2D eigenvalue weighted by Gasteiger charge is -1.93. The van der Waals surface area contributed by atoms with Gasteiger partial charge in [-0.15, -0.1) is 23.7 Å². The van der Waals surface area contributed by atoms with E-state index in [1.165, 1.54) is 11.3 Å². The van der Waals surface area contributed by atoms with Crippen molar-refractivity contribution in [3.8, 4) is 11.3 Å². The Morgan fingerprint density at radius 3 is 2.64 bits per heavy atom. The summed E-state index contributed by atoms with van der Waals surface area (Å²) in [6, 6.07) is -1.59. The summed E-state index contributed by atoms with van der Waals surface area (Å²) in [5.41, 5.74) is 5.95. The van der Waals surface area contributed by atoms with Crippen LogP contribution in [0, 0.1) is 0 Å². The highest BCUT2D eigenvalue weighted by Crippen LogP contribution is 2.20. The maximum Gasteiger partial charge on any atom is 0.107 e. The number of thiazole rings is 1. The third kappa shape index (κ3) is 2.32. The van der Waals surface area contributed by atoms with Gasteiger partial charge in [0.25, 0.3) is 0 Å². The van der Waals surface area contributed by atoms with Crippen molar-refractivity contribution in [1.29, 1.82) is 0 Å². The van der Waals surface area contributed by atoms with Crippen molar-refractivity contribution in [3.63, 3.8) is 0 Å². The van der Waals surface area contributed by atoms with Gasteiger partial charge >= 0.3 is 0 Å². The van der Waals surface area contributed by atoms with Gasteiger partial charge in [-0.3, -0.25) is 0 Å². The van der Waals surface area contributed by atoms with Gasteiger partial charge in [0.15, 0.2) is 0 Å². The van der Waals surface area contributed by atoms with Crippen molar-refractivity contribution in [2.45, 2.75) is 6.54 Å². The summed E-state index contributed by atoms with van der Waals surface area (Å²) >= 11 is 1.31. The van der Waals surface area contributed by atoms with E-state index in [1.54, 1.807) is 5.38 Å². The first kappa shape index (κ1) is 5.85. The van der Waals surface area contributed by atoms with E-state index >= 15 is 0 Å². The maximum atomic E-state index is 7.80. The Balaban J connectivity index is 0.00000180. The van der Waals surface area contributed by atoms with Crippen LogP contribution in [0.2, 0.25) is 0 Å². The monoisotopic (exact) mass is 231 g/mol. The zero-order chi connectivity index (χ0) is 13.4. The molecule has 2 aromatic rings. The van der Waals surface area contributed by atoms with Crippen molar-refractivity contribution in [2.24, 2.45) is 5.73 Å². The Kier molecular flexibility index (Phi) is 2.13. The zero-order valence-corrected chi connectivity index (χ0v) is 8.76. The number of benzene rings is 1. The fraction of sp³-hybridized carbons (Fsp3) is 0.100. The fourth-order valence-corrected chi connectivity index (χ4v) is 1.56. The first-order valence-electron chi connectivity index (χ1n) is 6.19. The molecule has 2 rings (SSSR count). The van der Waals surface area contributed by atoms with E-state index in [1.807, 2.05) is 0 Å². The molecule has 0 atom stereocenters. The summed E-state index contributed by atoms with van der Waals surface area (Å²) in [6.07, 6.45) is 0. The quantitative estimate of drug-likeness (QED) is 0.863. The molecule has 1 heterocycles. The van der Waals surface area contributed by atoms with E-state index in [4.69, 9.17) is 12.6 Å². The van der Waals surface area contributed by atoms with E-state index in [0.717, 1.165) is 0 Å². The van der Waals surface area contributed by atoms with Crippen LogP contribution in [0.3, 0.4) is 0 Å². The molecule has 0 aliphatic carbocycles. The predicted molar refractivity (Wildman–Crippen MR) is 62.7 cm³/mol. The topological polar surface area (TPSA) is 38.9 Å². The third-order valence-electron chi connectivity index (χ3n) is 1.48. The Bertz CT molecular complexity index is 587. The Morgan fingerprint density at radius 2 is 2.07 bits per heavy atom. The highest BCUT2D eigenvalue weighted by Gasteiger charge is 2.01. The van der Waals surface area contributed by atoms with Crippen LogP contribution in [-0.2, 0) is 6.54 Å². The average molecular weight is 232 g/mol. The summed E-state index contributed by atoms with van der Waals surface area (Å²) in [7, 11) is 0. The molecular formula is C10H11ClN2S. The number of hydrogen-bond acceptors (Lipinski definition) is 3. The SMILES string of the molecule is Cl.[2H]c1c([2H])c([2H])c(-c2csc(CN)n2)c([2H])c1[2H]. The minimum atomic E-state index is -0.400. The van der Waals surface area contributed by atoms with Gasteiger partial charge in [0.05, 0.1) is 12.5 Å². The van der Waals surface area contributed by atoms with Crippen LogP contribution in [0.1, 0.15) is 11.9 Å². The smallest absolute Gasteiger partial charge is 0.107 e. The van der Waals surface area contributed by atoms with Crippen molar-refractivity contribution in [1.82, 2.24) is 4.98 Å². The Hall–Kier alpha value is -0.900.